The fourth-order valence-corrected chi connectivity index (χ4v) is 4.33. The first kappa shape index (κ1) is 17.9. The van der Waals surface area contributed by atoms with Gasteiger partial charge in [-0.15, -0.1) is 0 Å². The van der Waals surface area contributed by atoms with Crippen LogP contribution in [0.25, 0.3) is 0 Å². The molecule has 138 valence electrons. The number of rotatable bonds is 5. The summed E-state index contributed by atoms with van der Waals surface area (Å²) in [4.78, 5) is 31.5. The number of aliphatic carboxylic acids is 1. The van der Waals surface area contributed by atoms with E-state index in [1.54, 1.807) is 4.90 Å². The van der Waals surface area contributed by atoms with Crippen molar-refractivity contribution in [2.45, 2.75) is 52.1 Å². The molecule has 7 nitrogen and oxygen atoms in total. The highest BCUT2D eigenvalue weighted by Gasteiger charge is 2.48. The predicted octanol–water partition coefficient (Wildman–Crippen LogP) is 1.37. The van der Waals surface area contributed by atoms with Gasteiger partial charge in [0.25, 0.3) is 0 Å². The van der Waals surface area contributed by atoms with E-state index in [1.165, 1.54) is 6.92 Å². The molecule has 2 saturated heterocycles. The number of aryl methyl sites for hydroxylation is 2. The molecule has 2 aliphatic heterocycles. The molecule has 7 heteroatoms. The van der Waals surface area contributed by atoms with Crippen LogP contribution in [0.2, 0.25) is 0 Å². The summed E-state index contributed by atoms with van der Waals surface area (Å²) < 4.78 is 2.17. The van der Waals surface area contributed by atoms with E-state index in [-0.39, 0.29) is 11.3 Å². The second kappa shape index (κ2) is 7.15. The highest BCUT2D eigenvalue weighted by atomic mass is 16.4. The maximum absolute atomic E-state index is 11.8. The summed E-state index contributed by atoms with van der Waals surface area (Å²) in [5.74, 6) is 0.0557. The van der Waals surface area contributed by atoms with Gasteiger partial charge in [-0.25, -0.2) is 9.78 Å². The monoisotopic (exact) mass is 348 g/mol. The standard InChI is InChI=1S/C18H28N4O3/c1-14-19-6-11-21(14)8-3-7-20-9-4-18(5-10-20)12-16(17(24)25)22(13-18)15(2)23/h6,11,16H,3-5,7-10,12-13H2,1-2H3,(H,24,25). The normalized spacial score (nSPS) is 23.3. The molecule has 1 amide bonds. The van der Waals surface area contributed by atoms with Crippen LogP contribution in [0, 0.1) is 12.3 Å². The Kier molecular flexibility index (Phi) is 5.13. The van der Waals surface area contributed by atoms with Gasteiger partial charge in [0.05, 0.1) is 0 Å². The Labute approximate surface area is 148 Å². The molecule has 25 heavy (non-hydrogen) atoms. The molecule has 1 N–H and O–H groups in total. The Morgan fingerprint density at radius 1 is 1.32 bits per heavy atom. The van der Waals surface area contributed by atoms with E-state index in [0.717, 1.165) is 51.3 Å². The van der Waals surface area contributed by atoms with Gasteiger partial charge < -0.3 is 19.5 Å². The minimum absolute atomic E-state index is 0.00778. The molecule has 0 bridgehead atoms. The van der Waals surface area contributed by atoms with Crippen LogP contribution in [0.4, 0.5) is 0 Å². The van der Waals surface area contributed by atoms with E-state index < -0.39 is 12.0 Å². The summed E-state index contributed by atoms with van der Waals surface area (Å²) in [6.07, 6.45) is 7.49. The molecular weight excluding hydrogens is 320 g/mol. The van der Waals surface area contributed by atoms with Crippen molar-refractivity contribution >= 4 is 11.9 Å². The molecule has 0 radical (unpaired) electrons. The second-order valence-electron chi connectivity index (χ2n) is 7.57. The van der Waals surface area contributed by atoms with E-state index in [0.29, 0.717) is 13.0 Å². The van der Waals surface area contributed by atoms with Crippen LogP contribution in [-0.4, -0.2) is 68.6 Å². The van der Waals surface area contributed by atoms with E-state index in [9.17, 15) is 14.7 Å². The van der Waals surface area contributed by atoms with Crippen molar-refractivity contribution in [2.75, 3.05) is 26.2 Å². The highest BCUT2D eigenvalue weighted by Crippen LogP contribution is 2.43. The zero-order chi connectivity index (χ0) is 18.0. The van der Waals surface area contributed by atoms with Crippen molar-refractivity contribution in [1.82, 2.24) is 19.4 Å². The molecule has 1 aromatic heterocycles. The van der Waals surface area contributed by atoms with Gasteiger partial charge in [-0.2, -0.15) is 0 Å². The zero-order valence-electron chi connectivity index (χ0n) is 15.1. The first-order chi connectivity index (χ1) is 11.9. The molecule has 3 rings (SSSR count). The van der Waals surface area contributed by atoms with Crippen LogP contribution in [0.1, 0.15) is 38.4 Å². The third kappa shape index (κ3) is 3.86. The number of amides is 1. The number of aromatic nitrogens is 2. The molecule has 0 aromatic carbocycles. The van der Waals surface area contributed by atoms with Crippen molar-refractivity contribution in [3.8, 4) is 0 Å². The van der Waals surface area contributed by atoms with Crippen LogP contribution in [0.3, 0.4) is 0 Å². The average molecular weight is 348 g/mol. The van der Waals surface area contributed by atoms with Gasteiger partial charge in [-0.3, -0.25) is 4.79 Å². The molecule has 2 aliphatic rings. The van der Waals surface area contributed by atoms with Gasteiger partial charge in [0.1, 0.15) is 11.9 Å². The Balaban J connectivity index is 1.49. The Morgan fingerprint density at radius 2 is 2.04 bits per heavy atom. The number of piperidine rings is 1. The summed E-state index contributed by atoms with van der Waals surface area (Å²) in [6, 6.07) is -0.645. The number of hydrogen-bond donors (Lipinski definition) is 1. The Bertz CT molecular complexity index is 610. The summed E-state index contributed by atoms with van der Waals surface area (Å²) in [5.41, 5.74) is -0.00778. The number of nitrogens with zero attached hydrogens (tertiary/aromatic N) is 4. The first-order valence-electron chi connectivity index (χ1n) is 9.10. The van der Waals surface area contributed by atoms with E-state index in [2.05, 4.69) is 14.5 Å². The van der Waals surface area contributed by atoms with Gasteiger partial charge in [-0.1, -0.05) is 0 Å². The number of likely N-dealkylation sites (tertiary alicyclic amines) is 2. The number of carboxylic acid groups (broad SMARTS) is 1. The third-order valence-electron chi connectivity index (χ3n) is 5.91. The second-order valence-corrected chi connectivity index (χ2v) is 7.57. The van der Waals surface area contributed by atoms with Crippen LogP contribution < -0.4 is 0 Å². The summed E-state index contributed by atoms with van der Waals surface area (Å²) in [6.45, 7) is 8.09. The highest BCUT2D eigenvalue weighted by molar-refractivity contribution is 5.83. The van der Waals surface area contributed by atoms with Crippen molar-refractivity contribution in [2.24, 2.45) is 5.41 Å². The van der Waals surface area contributed by atoms with Crippen molar-refractivity contribution < 1.29 is 14.7 Å². The van der Waals surface area contributed by atoms with Gasteiger partial charge in [0.15, 0.2) is 0 Å². The molecule has 1 aromatic rings. The smallest absolute Gasteiger partial charge is 0.326 e. The average Bonchev–Trinajstić information content (AvgIpc) is 3.14. The lowest BCUT2D eigenvalue weighted by atomic mass is 9.76. The lowest BCUT2D eigenvalue weighted by Gasteiger charge is -2.39. The Hall–Kier alpha value is -1.89. The van der Waals surface area contributed by atoms with Crippen LogP contribution in [0.15, 0.2) is 12.4 Å². The van der Waals surface area contributed by atoms with E-state index in [4.69, 9.17) is 0 Å². The zero-order valence-corrected chi connectivity index (χ0v) is 15.1. The van der Waals surface area contributed by atoms with Gasteiger partial charge in [0, 0.05) is 32.4 Å². The molecule has 0 aliphatic carbocycles. The number of carboxylic acids is 1. The van der Waals surface area contributed by atoms with Gasteiger partial charge in [-0.05, 0) is 57.7 Å². The summed E-state index contributed by atoms with van der Waals surface area (Å²) in [5, 5.41) is 9.42. The topological polar surface area (TPSA) is 78.7 Å². The number of imidazole rings is 1. The molecule has 1 unspecified atom stereocenters. The summed E-state index contributed by atoms with van der Waals surface area (Å²) in [7, 11) is 0. The van der Waals surface area contributed by atoms with E-state index in [1.807, 2.05) is 19.3 Å². The van der Waals surface area contributed by atoms with Crippen molar-refractivity contribution in [1.29, 1.82) is 0 Å². The molecule has 1 atom stereocenters. The fraction of sp³-hybridized carbons (Fsp3) is 0.722. The maximum atomic E-state index is 11.8. The largest absolute Gasteiger partial charge is 0.480 e. The van der Waals surface area contributed by atoms with Crippen LogP contribution >= 0.6 is 0 Å². The molecule has 2 fully saturated rings. The maximum Gasteiger partial charge on any atom is 0.326 e. The van der Waals surface area contributed by atoms with Crippen molar-refractivity contribution in [3.63, 3.8) is 0 Å². The Morgan fingerprint density at radius 3 is 2.56 bits per heavy atom. The minimum Gasteiger partial charge on any atom is -0.480 e. The predicted molar refractivity (Wildman–Crippen MR) is 93.1 cm³/mol. The molecule has 0 saturated carbocycles. The van der Waals surface area contributed by atoms with Crippen LogP contribution in [-0.2, 0) is 16.1 Å². The SMILES string of the molecule is CC(=O)N1CC2(CCN(CCCn3ccnc3C)CC2)CC1C(=O)O. The first-order valence-corrected chi connectivity index (χ1v) is 9.10. The number of carbonyl (C=O) groups is 2. The molecule has 1 spiro atoms. The van der Waals surface area contributed by atoms with Gasteiger partial charge in [0.2, 0.25) is 5.91 Å². The van der Waals surface area contributed by atoms with E-state index >= 15 is 0 Å². The fourth-order valence-electron chi connectivity index (χ4n) is 4.33. The van der Waals surface area contributed by atoms with Crippen LogP contribution in [0.5, 0.6) is 0 Å². The van der Waals surface area contributed by atoms with Crippen molar-refractivity contribution in [3.05, 3.63) is 18.2 Å². The quantitative estimate of drug-likeness (QED) is 0.869. The minimum atomic E-state index is -0.870. The van der Waals surface area contributed by atoms with Gasteiger partial charge >= 0.3 is 5.97 Å². The third-order valence-corrected chi connectivity index (χ3v) is 5.91. The summed E-state index contributed by atoms with van der Waals surface area (Å²) >= 11 is 0. The number of hydrogen-bond acceptors (Lipinski definition) is 4. The number of carbonyl (C=O) groups excluding carboxylic acids is 1. The lowest BCUT2D eigenvalue weighted by molar-refractivity contribution is -0.147. The lowest BCUT2D eigenvalue weighted by Crippen LogP contribution is -2.42. The molecular formula is C18H28N4O3. The molecule has 3 heterocycles.